The van der Waals surface area contributed by atoms with E-state index in [0.29, 0.717) is 0 Å². The monoisotopic (exact) mass is 297 g/mol. The van der Waals surface area contributed by atoms with Gasteiger partial charge in [0.2, 0.25) is 0 Å². The SMILES string of the molecule is O=C1NS(=O)(=O)c2ccccc21.OP(O)(O)=S. The van der Waals surface area contributed by atoms with Crippen molar-refractivity contribution in [3.05, 3.63) is 29.8 Å². The Morgan fingerprint density at radius 1 is 1.18 bits per heavy atom. The highest BCUT2D eigenvalue weighted by Gasteiger charge is 2.31. The molecule has 2 rings (SSSR count). The predicted molar refractivity (Wildman–Crippen MR) is 62.0 cm³/mol. The van der Waals surface area contributed by atoms with Gasteiger partial charge in [-0.2, -0.15) is 0 Å². The van der Waals surface area contributed by atoms with E-state index in [9.17, 15) is 13.2 Å². The average molecular weight is 297 g/mol. The Morgan fingerprint density at radius 2 is 1.65 bits per heavy atom. The second-order valence-corrected chi connectivity index (χ2v) is 7.09. The van der Waals surface area contributed by atoms with E-state index < -0.39 is 22.6 Å². The van der Waals surface area contributed by atoms with Gasteiger partial charge in [-0.3, -0.25) is 4.79 Å². The lowest BCUT2D eigenvalue weighted by Crippen LogP contribution is -2.20. The minimum absolute atomic E-state index is 0.0648. The van der Waals surface area contributed by atoms with Gasteiger partial charge in [-0.25, -0.2) is 13.1 Å². The molecule has 1 aromatic carbocycles. The Balaban J connectivity index is 0.000000249. The van der Waals surface area contributed by atoms with Gasteiger partial charge in [0.05, 0.1) is 5.56 Å². The third-order valence-electron chi connectivity index (χ3n) is 1.65. The summed E-state index contributed by atoms with van der Waals surface area (Å²) in [4.78, 5) is 33.7. The van der Waals surface area contributed by atoms with Gasteiger partial charge in [-0.1, -0.05) is 12.1 Å². The first-order valence-electron chi connectivity index (χ1n) is 4.06. The van der Waals surface area contributed by atoms with Gasteiger partial charge in [0, 0.05) is 0 Å². The Hall–Kier alpha value is -0.830. The van der Waals surface area contributed by atoms with Crippen molar-refractivity contribution in [3.8, 4) is 0 Å². The molecule has 1 aromatic rings. The van der Waals surface area contributed by atoms with Gasteiger partial charge in [-0.15, -0.1) is 0 Å². The van der Waals surface area contributed by atoms with Crippen LogP contribution in [0, 0.1) is 0 Å². The predicted octanol–water partition coefficient (Wildman–Crippen LogP) is -0.694. The van der Waals surface area contributed by atoms with Crippen molar-refractivity contribution < 1.29 is 27.9 Å². The first-order chi connectivity index (χ1) is 7.61. The number of nitrogens with one attached hydrogen (secondary N) is 1. The topological polar surface area (TPSA) is 124 Å². The number of amides is 1. The summed E-state index contributed by atoms with van der Waals surface area (Å²) in [6.07, 6.45) is 0. The summed E-state index contributed by atoms with van der Waals surface area (Å²) in [5.41, 5.74) is 0.220. The molecule has 1 aliphatic heterocycles. The third kappa shape index (κ3) is 4.15. The van der Waals surface area contributed by atoms with Crippen LogP contribution in [0.3, 0.4) is 0 Å². The third-order valence-corrected chi connectivity index (χ3v) is 3.04. The molecule has 1 amide bonds. The first-order valence-corrected chi connectivity index (χ1v) is 8.20. The second kappa shape index (κ2) is 4.81. The standard InChI is InChI=1S/C7H5NO3S.H3O3PS/c9-7-5-3-1-2-4-6(5)12(10,11)8-7;1-4(2,3)5/h1-4H,(H,8,9);(H3,1,2,3,5). The maximum Gasteiger partial charge on any atom is 0.319 e. The summed E-state index contributed by atoms with van der Waals surface area (Å²) < 4.78 is 24.2. The van der Waals surface area contributed by atoms with Crippen LogP contribution < -0.4 is 4.72 Å². The summed E-state index contributed by atoms with van der Waals surface area (Å²) in [6, 6.07) is 6.09. The number of fused-ring (bicyclic) bond motifs is 1. The number of benzene rings is 1. The van der Waals surface area contributed by atoms with Gasteiger partial charge < -0.3 is 14.7 Å². The number of hydrogen-bond donors (Lipinski definition) is 4. The van der Waals surface area contributed by atoms with Crippen molar-refractivity contribution in [2.24, 2.45) is 0 Å². The molecule has 1 aliphatic rings. The fourth-order valence-corrected chi connectivity index (χ4v) is 2.29. The molecular weight excluding hydrogens is 289 g/mol. The summed E-state index contributed by atoms with van der Waals surface area (Å²) in [6.45, 7) is -3.81. The first kappa shape index (κ1) is 14.2. The molecule has 0 fully saturated rings. The fourth-order valence-electron chi connectivity index (χ4n) is 1.12. The zero-order chi connectivity index (χ0) is 13.3. The minimum atomic E-state index is -3.81. The lowest BCUT2D eigenvalue weighted by atomic mass is 10.2. The van der Waals surface area contributed by atoms with E-state index in [1.54, 1.807) is 12.1 Å². The molecule has 0 spiro atoms. The molecule has 0 saturated carbocycles. The summed E-state index contributed by atoms with van der Waals surface area (Å²) in [5.74, 6) is -0.550. The van der Waals surface area contributed by atoms with Gasteiger partial charge in [0.15, 0.2) is 0 Å². The van der Waals surface area contributed by atoms with Crippen molar-refractivity contribution in [3.63, 3.8) is 0 Å². The Labute approximate surface area is 102 Å². The lowest BCUT2D eigenvalue weighted by Gasteiger charge is -1.91. The van der Waals surface area contributed by atoms with Crippen LogP contribution in [0.4, 0.5) is 0 Å². The quantitative estimate of drug-likeness (QED) is 0.467. The maximum absolute atomic E-state index is 11.1. The van der Waals surface area contributed by atoms with Crippen LogP contribution in [0.5, 0.6) is 0 Å². The molecule has 1 heterocycles. The molecule has 0 saturated heterocycles. The van der Waals surface area contributed by atoms with Crippen molar-refractivity contribution in [1.82, 2.24) is 4.72 Å². The van der Waals surface area contributed by atoms with Gasteiger partial charge in [-0.05, 0) is 23.9 Å². The smallest absolute Gasteiger partial charge is 0.319 e. The van der Waals surface area contributed by atoms with E-state index in [-0.39, 0.29) is 10.5 Å². The highest BCUT2D eigenvalue weighted by Crippen LogP contribution is 2.26. The van der Waals surface area contributed by atoms with E-state index in [4.69, 9.17) is 14.7 Å². The minimum Gasteiger partial charge on any atom is -0.325 e. The molecule has 10 heteroatoms. The summed E-state index contributed by atoms with van der Waals surface area (Å²) in [5, 5.41) is 0. The molecule has 0 atom stereocenters. The Bertz CT molecular complexity index is 584. The Morgan fingerprint density at radius 3 is 2.12 bits per heavy atom. The molecular formula is C7H8NO6PS2. The molecule has 94 valence electrons. The summed E-state index contributed by atoms with van der Waals surface area (Å²) in [7, 11) is -3.55. The molecule has 0 aromatic heterocycles. The van der Waals surface area contributed by atoms with Crippen molar-refractivity contribution in [1.29, 1.82) is 0 Å². The lowest BCUT2D eigenvalue weighted by molar-refractivity contribution is 0.0985. The maximum atomic E-state index is 11.1. The van der Waals surface area contributed by atoms with Crippen LogP contribution in [-0.2, 0) is 21.8 Å². The van der Waals surface area contributed by atoms with Gasteiger partial charge >= 0.3 is 6.72 Å². The molecule has 17 heavy (non-hydrogen) atoms. The van der Waals surface area contributed by atoms with Crippen LogP contribution in [0.25, 0.3) is 0 Å². The summed E-state index contributed by atoms with van der Waals surface area (Å²) >= 11 is 3.60. The highest BCUT2D eigenvalue weighted by molar-refractivity contribution is 8.06. The molecule has 0 radical (unpaired) electrons. The normalized spacial score (nSPS) is 16.5. The fraction of sp³-hybridized carbons (Fsp3) is 0. The van der Waals surface area contributed by atoms with Gasteiger partial charge in [0.1, 0.15) is 4.90 Å². The van der Waals surface area contributed by atoms with Gasteiger partial charge in [0.25, 0.3) is 15.9 Å². The van der Waals surface area contributed by atoms with Crippen LogP contribution in [0.15, 0.2) is 29.2 Å². The number of sulfonamides is 1. The zero-order valence-corrected chi connectivity index (χ0v) is 10.7. The van der Waals surface area contributed by atoms with E-state index in [1.807, 2.05) is 4.72 Å². The van der Waals surface area contributed by atoms with E-state index in [2.05, 4.69) is 11.8 Å². The molecule has 7 nitrogen and oxygen atoms in total. The average Bonchev–Trinajstić information content (AvgIpc) is 2.36. The largest absolute Gasteiger partial charge is 0.325 e. The molecule has 4 N–H and O–H groups in total. The highest BCUT2D eigenvalue weighted by atomic mass is 32.5. The number of carbonyl (C=O) groups excluding carboxylic acids is 1. The van der Waals surface area contributed by atoms with E-state index in [0.717, 1.165) is 0 Å². The van der Waals surface area contributed by atoms with Crippen LogP contribution >= 0.6 is 6.72 Å². The van der Waals surface area contributed by atoms with Crippen molar-refractivity contribution in [2.75, 3.05) is 0 Å². The van der Waals surface area contributed by atoms with Crippen LogP contribution in [0.1, 0.15) is 10.4 Å². The van der Waals surface area contributed by atoms with Crippen LogP contribution in [-0.4, -0.2) is 29.0 Å². The van der Waals surface area contributed by atoms with E-state index >= 15 is 0 Å². The second-order valence-electron chi connectivity index (χ2n) is 2.94. The Kier molecular flexibility index (Phi) is 4.03. The molecule has 0 aliphatic carbocycles. The van der Waals surface area contributed by atoms with Crippen molar-refractivity contribution in [2.45, 2.75) is 4.90 Å². The zero-order valence-electron chi connectivity index (χ0n) is 8.14. The molecule has 0 bridgehead atoms. The van der Waals surface area contributed by atoms with E-state index in [1.165, 1.54) is 12.1 Å². The number of hydrogen-bond acceptors (Lipinski definition) is 4. The number of carbonyl (C=O) groups is 1. The molecule has 0 unspecified atom stereocenters. The van der Waals surface area contributed by atoms with Crippen LogP contribution in [0.2, 0.25) is 0 Å². The van der Waals surface area contributed by atoms with Crippen molar-refractivity contribution >= 4 is 34.5 Å². The number of rotatable bonds is 0.